The molecule has 0 unspecified atom stereocenters. The van der Waals surface area contributed by atoms with Gasteiger partial charge in [0.1, 0.15) is 10.7 Å². The van der Waals surface area contributed by atoms with Crippen LogP contribution in [0.2, 0.25) is 0 Å². The molecule has 2 aromatic carbocycles. The van der Waals surface area contributed by atoms with Crippen LogP contribution in [0.15, 0.2) is 33.6 Å². The van der Waals surface area contributed by atoms with Crippen LogP contribution in [-0.4, -0.2) is 19.9 Å². The average molecular weight is 487 g/mol. The number of hydrogen-bond acceptors (Lipinski definition) is 3. The zero-order valence-electron chi connectivity index (χ0n) is 16.2. The van der Waals surface area contributed by atoms with E-state index in [2.05, 4.69) is 26.0 Å². The average Bonchev–Trinajstić information content (AvgIpc) is 2.59. The summed E-state index contributed by atoms with van der Waals surface area (Å²) in [6.07, 6.45) is 2.22. The highest BCUT2D eigenvalue weighted by Crippen LogP contribution is 2.35. The van der Waals surface area contributed by atoms with Gasteiger partial charge < -0.3 is 5.32 Å². The van der Waals surface area contributed by atoms with Gasteiger partial charge in [0.25, 0.3) is 5.91 Å². The molecule has 5 nitrogen and oxygen atoms in total. The highest BCUT2D eigenvalue weighted by molar-refractivity contribution is 9.10. The van der Waals surface area contributed by atoms with E-state index in [0.717, 1.165) is 12.5 Å². The first kappa shape index (κ1) is 21.9. The maximum absolute atomic E-state index is 15.2. The Labute approximate surface area is 177 Å². The summed E-state index contributed by atoms with van der Waals surface area (Å²) >= 11 is 3.22. The summed E-state index contributed by atoms with van der Waals surface area (Å²) in [5.41, 5.74) is -0.155. The molecule has 9 heteroatoms. The first-order valence-electron chi connectivity index (χ1n) is 9.04. The summed E-state index contributed by atoms with van der Waals surface area (Å²) in [4.78, 5) is 12.2. The number of hydrogen-bond donors (Lipinski definition) is 2. The summed E-state index contributed by atoms with van der Waals surface area (Å²) in [5, 5.41) is 2.50. The Morgan fingerprint density at radius 2 is 1.83 bits per heavy atom. The lowest BCUT2D eigenvalue weighted by Crippen LogP contribution is -2.50. The van der Waals surface area contributed by atoms with Crippen LogP contribution >= 0.6 is 15.9 Å². The minimum atomic E-state index is -4.17. The molecule has 0 saturated heterocycles. The maximum Gasteiger partial charge on any atom is 0.258 e. The number of halogens is 3. The third kappa shape index (κ3) is 4.36. The SMILES string of the molecule is Cc1cc(NC(=O)c2c(C)c(Br)cc(S(=O)(=O)NC3(C)CCC3)c2F)ccc1F. The fraction of sp³-hybridized carbons (Fsp3) is 0.350. The van der Waals surface area contributed by atoms with E-state index in [4.69, 9.17) is 0 Å². The van der Waals surface area contributed by atoms with E-state index >= 15 is 4.39 Å². The minimum Gasteiger partial charge on any atom is -0.322 e. The van der Waals surface area contributed by atoms with Gasteiger partial charge in [-0.1, -0.05) is 15.9 Å². The third-order valence-electron chi connectivity index (χ3n) is 5.20. The molecule has 1 amide bonds. The second-order valence-electron chi connectivity index (χ2n) is 7.61. The molecule has 1 aliphatic carbocycles. The maximum atomic E-state index is 15.2. The van der Waals surface area contributed by atoms with Crippen molar-refractivity contribution in [1.29, 1.82) is 0 Å². The topological polar surface area (TPSA) is 75.3 Å². The Bertz CT molecular complexity index is 1100. The van der Waals surface area contributed by atoms with E-state index in [-0.39, 0.29) is 16.8 Å². The molecule has 1 aliphatic rings. The summed E-state index contributed by atoms with van der Waals surface area (Å²) in [6, 6.07) is 5.11. The molecule has 3 rings (SSSR count). The van der Waals surface area contributed by atoms with Gasteiger partial charge in [0.05, 0.1) is 5.56 Å². The fourth-order valence-electron chi connectivity index (χ4n) is 3.26. The molecule has 156 valence electrons. The van der Waals surface area contributed by atoms with Crippen LogP contribution in [0.1, 0.15) is 47.7 Å². The molecule has 2 N–H and O–H groups in total. The molecular formula is C20H21BrF2N2O3S. The number of anilines is 1. The second-order valence-corrected chi connectivity index (χ2v) is 10.1. The lowest BCUT2D eigenvalue weighted by molar-refractivity contribution is 0.102. The molecule has 29 heavy (non-hydrogen) atoms. The lowest BCUT2D eigenvalue weighted by atomic mass is 9.80. The van der Waals surface area contributed by atoms with Crippen LogP contribution in [0.3, 0.4) is 0 Å². The molecule has 0 heterocycles. The number of benzene rings is 2. The van der Waals surface area contributed by atoms with E-state index < -0.39 is 38.0 Å². The fourth-order valence-corrected chi connectivity index (χ4v) is 5.42. The molecule has 0 aromatic heterocycles. The van der Waals surface area contributed by atoms with Crippen LogP contribution in [-0.2, 0) is 10.0 Å². The Kier molecular flexibility index (Phi) is 5.86. The van der Waals surface area contributed by atoms with E-state index in [1.807, 2.05) is 0 Å². The van der Waals surface area contributed by atoms with Crippen molar-refractivity contribution in [1.82, 2.24) is 4.72 Å². The molecule has 0 radical (unpaired) electrons. The van der Waals surface area contributed by atoms with Gasteiger partial charge in [-0.3, -0.25) is 4.79 Å². The number of aryl methyl sites for hydroxylation is 1. The standard InChI is InChI=1S/C20H21BrF2N2O3S/c1-11-9-13(5-6-15(11)22)24-19(26)17-12(2)14(21)10-16(18(17)23)29(27,28)25-20(3)7-4-8-20/h5-6,9-10,25H,4,7-8H2,1-3H3,(H,24,26). The summed E-state index contributed by atoms with van der Waals surface area (Å²) in [5.74, 6) is -2.38. The zero-order chi connectivity index (χ0) is 21.6. The Hall–Kier alpha value is -1.84. The van der Waals surface area contributed by atoms with Crippen LogP contribution in [0.5, 0.6) is 0 Å². The van der Waals surface area contributed by atoms with Crippen molar-refractivity contribution in [2.75, 3.05) is 5.32 Å². The van der Waals surface area contributed by atoms with Gasteiger partial charge in [-0.05, 0) is 75.4 Å². The number of rotatable bonds is 5. The monoisotopic (exact) mass is 486 g/mol. The number of nitrogens with one attached hydrogen (secondary N) is 2. The van der Waals surface area contributed by atoms with E-state index in [9.17, 15) is 17.6 Å². The summed E-state index contributed by atoms with van der Waals surface area (Å²) in [7, 11) is -4.17. The molecule has 0 spiro atoms. The molecule has 2 aromatic rings. The minimum absolute atomic E-state index is 0.257. The van der Waals surface area contributed by atoms with Gasteiger partial charge >= 0.3 is 0 Å². The molecule has 0 aliphatic heterocycles. The predicted molar refractivity (Wildman–Crippen MR) is 111 cm³/mol. The van der Waals surface area contributed by atoms with Crippen molar-refractivity contribution >= 4 is 37.5 Å². The second kappa shape index (κ2) is 7.77. The predicted octanol–water partition coefficient (Wildman–Crippen LogP) is 4.82. The van der Waals surface area contributed by atoms with E-state index in [0.29, 0.717) is 22.9 Å². The van der Waals surface area contributed by atoms with Crippen molar-refractivity contribution in [3.63, 3.8) is 0 Å². The molecular weight excluding hydrogens is 466 g/mol. The largest absolute Gasteiger partial charge is 0.322 e. The number of carbonyl (C=O) groups is 1. The third-order valence-corrected chi connectivity index (χ3v) is 7.66. The molecule has 1 saturated carbocycles. The van der Waals surface area contributed by atoms with E-state index in [1.165, 1.54) is 32.0 Å². The summed E-state index contributed by atoms with van der Waals surface area (Å²) < 4.78 is 57.1. The quantitative estimate of drug-likeness (QED) is 0.636. The first-order valence-corrected chi connectivity index (χ1v) is 11.3. The number of sulfonamides is 1. The van der Waals surface area contributed by atoms with Crippen LogP contribution < -0.4 is 10.0 Å². The summed E-state index contributed by atoms with van der Waals surface area (Å²) in [6.45, 7) is 4.81. The van der Waals surface area contributed by atoms with Crippen LogP contribution in [0.4, 0.5) is 14.5 Å². The van der Waals surface area contributed by atoms with Gasteiger partial charge in [-0.15, -0.1) is 0 Å². The van der Waals surface area contributed by atoms with Gasteiger partial charge in [-0.2, -0.15) is 0 Å². The van der Waals surface area contributed by atoms with Crippen LogP contribution in [0.25, 0.3) is 0 Å². The van der Waals surface area contributed by atoms with Crippen molar-refractivity contribution in [3.8, 4) is 0 Å². The smallest absolute Gasteiger partial charge is 0.258 e. The van der Waals surface area contributed by atoms with Crippen molar-refractivity contribution in [3.05, 3.63) is 57.1 Å². The molecule has 0 bridgehead atoms. The van der Waals surface area contributed by atoms with E-state index in [1.54, 1.807) is 6.92 Å². The number of amides is 1. The first-order chi connectivity index (χ1) is 13.4. The van der Waals surface area contributed by atoms with Gasteiger partial charge in [-0.25, -0.2) is 21.9 Å². The lowest BCUT2D eigenvalue weighted by Gasteiger charge is -2.38. The number of carbonyl (C=O) groups excluding carboxylic acids is 1. The van der Waals surface area contributed by atoms with Crippen molar-refractivity contribution in [2.45, 2.75) is 50.5 Å². The Morgan fingerprint density at radius 1 is 1.17 bits per heavy atom. The van der Waals surface area contributed by atoms with Crippen molar-refractivity contribution in [2.24, 2.45) is 0 Å². The molecule has 0 atom stereocenters. The highest BCUT2D eigenvalue weighted by atomic mass is 79.9. The normalized spacial score (nSPS) is 15.7. The van der Waals surface area contributed by atoms with Gasteiger partial charge in [0, 0.05) is 15.7 Å². The Morgan fingerprint density at radius 3 is 2.38 bits per heavy atom. The molecule has 1 fully saturated rings. The Balaban J connectivity index is 2.00. The van der Waals surface area contributed by atoms with Gasteiger partial charge in [0.15, 0.2) is 5.82 Å². The highest BCUT2D eigenvalue weighted by Gasteiger charge is 2.38. The van der Waals surface area contributed by atoms with Crippen LogP contribution in [0, 0.1) is 25.5 Å². The zero-order valence-corrected chi connectivity index (χ0v) is 18.6. The van der Waals surface area contributed by atoms with Crippen molar-refractivity contribution < 1.29 is 22.0 Å². The van der Waals surface area contributed by atoms with Gasteiger partial charge in [0.2, 0.25) is 10.0 Å².